The van der Waals surface area contributed by atoms with Gasteiger partial charge in [-0.2, -0.15) is 0 Å². The molecular weight excluding hydrogens is 288 g/mol. The van der Waals surface area contributed by atoms with Gasteiger partial charge in [-0.15, -0.1) is 0 Å². The number of carbonyl (C=O) groups excluding carboxylic acids is 2. The number of carbonyl (C=O) groups is 2. The third-order valence-corrected chi connectivity index (χ3v) is 7.93. The number of ether oxygens (including phenoxy) is 1. The maximum absolute atomic E-state index is 13.3. The smallest absolute Gasteiger partial charge is 0.331 e. The van der Waals surface area contributed by atoms with Gasteiger partial charge in [0.25, 0.3) is 0 Å². The van der Waals surface area contributed by atoms with Gasteiger partial charge in [-0.1, -0.05) is 27.2 Å². The maximum atomic E-state index is 13.3. The topological polar surface area (TPSA) is 43.4 Å². The molecule has 1 heterocycles. The zero-order valence-corrected chi connectivity index (χ0v) is 14.8. The molecule has 0 aromatic rings. The zero-order chi connectivity index (χ0) is 16.6. The van der Waals surface area contributed by atoms with Gasteiger partial charge in [-0.25, -0.2) is 4.79 Å². The summed E-state index contributed by atoms with van der Waals surface area (Å²) in [5.74, 6) is 0.854. The summed E-state index contributed by atoms with van der Waals surface area (Å²) in [6, 6.07) is 0. The van der Waals surface area contributed by atoms with E-state index < -0.39 is 5.41 Å². The van der Waals surface area contributed by atoms with E-state index >= 15 is 0 Å². The predicted molar refractivity (Wildman–Crippen MR) is 87.6 cm³/mol. The van der Waals surface area contributed by atoms with Crippen molar-refractivity contribution in [3.8, 4) is 0 Å². The molecule has 4 rings (SSSR count). The fourth-order valence-electron chi connectivity index (χ4n) is 6.81. The monoisotopic (exact) mass is 316 g/mol. The number of hydrogen-bond donors (Lipinski definition) is 0. The molecule has 23 heavy (non-hydrogen) atoms. The van der Waals surface area contributed by atoms with Crippen LogP contribution in [-0.4, -0.2) is 17.9 Å². The lowest BCUT2D eigenvalue weighted by Gasteiger charge is -2.63. The summed E-state index contributed by atoms with van der Waals surface area (Å²) in [5.41, 5.74) is 0.950. The first kappa shape index (κ1) is 15.4. The van der Waals surface area contributed by atoms with Crippen molar-refractivity contribution >= 4 is 11.8 Å². The molecule has 3 aliphatic carbocycles. The molecule has 0 bridgehead atoms. The number of esters is 1. The minimum absolute atomic E-state index is 0.185. The Balaban J connectivity index is 1.80. The third kappa shape index (κ3) is 1.82. The van der Waals surface area contributed by atoms with Crippen molar-refractivity contribution in [2.24, 2.45) is 28.1 Å². The molecule has 1 aliphatic heterocycles. The SMILES string of the molecule is CC1(C)CCC[C@]2(C)[C@H]3CCC4=CC(=O)OC4[C@@]3(C)C(=O)C[C@@H]12. The van der Waals surface area contributed by atoms with Gasteiger partial charge in [0, 0.05) is 12.5 Å². The Morgan fingerprint density at radius 1 is 1.09 bits per heavy atom. The lowest BCUT2D eigenvalue weighted by molar-refractivity contribution is -0.186. The van der Waals surface area contributed by atoms with E-state index in [9.17, 15) is 9.59 Å². The summed E-state index contributed by atoms with van der Waals surface area (Å²) in [7, 11) is 0. The van der Waals surface area contributed by atoms with Crippen LogP contribution in [0.1, 0.15) is 66.2 Å². The van der Waals surface area contributed by atoms with Gasteiger partial charge >= 0.3 is 5.97 Å². The second-order valence-electron chi connectivity index (χ2n) is 9.44. The molecule has 3 heteroatoms. The standard InChI is InChI=1S/C20H28O3/c1-18(2)8-5-9-19(3)13-7-6-12-10-16(22)23-17(12)20(13,4)15(21)11-14(18)19/h10,13-14,17H,5-9,11H2,1-4H3/t13-,14+,17?,19-,20-/m1/s1. The van der Waals surface area contributed by atoms with Gasteiger partial charge in [0.15, 0.2) is 0 Å². The first-order chi connectivity index (χ1) is 10.7. The number of Topliss-reactive ketones (excluding diaryl/α,β-unsaturated/α-hetero) is 1. The normalized spacial score (nSPS) is 48.0. The molecular formula is C20H28O3. The highest BCUT2D eigenvalue weighted by Gasteiger charge is 2.66. The van der Waals surface area contributed by atoms with E-state index in [0.717, 1.165) is 18.4 Å². The van der Waals surface area contributed by atoms with E-state index in [1.54, 1.807) is 6.08 Å². The highest BCUT2D eigenvalue weighted by atomic mass is 16.5. The van der Waals surface area contributed by atoms with E-state index in [1.165, 1.54) is 19.3 Å². The Labute approximate surface area is 138 Å². The lowest BCUT2D eigenvalue weighted by Crippen LogP contribution is -2.63. The Bertz CT molecular complexity index is 616. The molecule has 0 N–H and O–H groups in total. The van der Waals surface area contributed by atoms with Gasteiger partial charge in [0.1, 0.15) is 11.9 Å². The highest BCUT2D eigenvalue weighted by Crippen LogP contribution is 2.67. The lowest BCUT2D eigenvalue weighted by atomic mass is 9.40. The minimum atomic E-state index is -0.519. The molecule has 4 aliphatic rings. The van der Waals surface area contributed by atoms with Crippen LogP contribution in [0.5, 0.6) is 0 Å². The number of ketones is 1. The van der Waals surface area contributed by atoms with Crippen molar-refractivity contribution < 1.29 is 14.3 Å². The van der Waals surface area contributed by atoms with Gasteiger partial charge in [-0.05, 0) is 60.8 Å². The first-order valence-electron chi connectivity index (χ1n) is 9.14. The molecule has 5 atom stereocenters. The molecule has 0 amide bonds. The molecule has 1 unspecified atom stereocenters. The third-order valence-electron chi connectivity index (χ3n) is 7.93. The van der Waals surface area contributed by atoms with Crippen molar-refractivity contribution in [2.75, 3.05) is 0 Å². The molecule has 3 nitrogen and oxygen atoms in total. The maximum Gasteiger partial charge on any atom is 0.331 e. The van der Waals surface area contributed by atoms with Gasteiger partial charge in [0.2, 0.25) is 0 Å². The summed E-state index contributed by atoms with van der Waals surface area (Å²) < 4.78 is 5.63. The van der Waals surface area contributed by atoms with Crippen LogP contribution >= 0.6 is 0 Å². The van der Waals surface area contributed by atoms with E-state index in [2.05, 4.69) is 27.7 Å². The summed E-state index contributed by atoms with van der Waals surface area (Å²) in [5, 5.41) is 0. The Morgan fingerprint density at radius 3 is 2.57 bits per heavy atom. The molecule has 126 valence electrons. The highest BCUT2D eigenvalue weighted by molar-refractivity contribution is 5.92. The average molecular weight is 316 g/mol. The Morgan fingerprint density at radius 2 is 1.83 bits per heavy atom. The van der Waals surface area contributed by atoms with Crippen molar-refractivity contribution in [3.05, 3.63) is 11.6 Å². The van der Waals surface area contributed by atoms with Crippen LogP contribution in [0.3, 0.4) is 0 Å². The predicted octanol–water partition coefficient (Wildman–Crippen LogP) is 4.06. The summed E-state index contributed by atoms with van der Waals surface area (Å²) in [4.78, 5) is 25.1. The Kier molecular flexibility index (Phi) is 3.01. The molecule has 3 saturated carbocycles. The van der Waals surface area contributed by atoms with Crippen LogP contribution in [0, 0.1) is 28.1 Å². The Hall–Kier alpha value is -1.12. The molecule has 0 aromatic carbocycles. The molecule has 0 spiro atoms. The van der Waals surface area contributed by atoms with Gasteiger partial charge < -0.3 is 4.74 Å². The van der Waals surface area contributed by atoms with Crippen LogP contribution in [0.4, 0.5) is 0 Å². The first-order valence-corrected chi connectivity index (χ1v) is 9.14. The second kappa shape index (κ2) is 4.49. The van der Waals surface area contributed by atoms with E-state index in [0.29, 0.717) is 24.0 Å². The largest absolute Gasteiger partial charge is 0.454 e. The van der Waals surface area contributed by atoms with Crippen molar-refractivity contribution in [2.45, 2.75) is 72.3 Å². The van der Waals surface area contributed by atoms with Gasteiger partial charge in [-0.3, -0.25) is 4.79 Å². The van der Waals surface area contributed by atoms with Crippen LogP contribution in [0.15, 0.2) is 11.6 Å². The van der Waals surface area contributed by atoms with E-state index in [1.807, 2.05) is 0 Å². The van der Waals surface area contributed by atoms with Crippen molar-refractivity contribution in [1.82, 2.24) is 0 Å². The van der Waals surface area contributed by atoms with E-state index in [-0.39, 0.29) is 22.9 Å². The second-order valence-corrected chi connectivity index (χ2v) is 9.44. The number of rotatable bonds is 0. The average Bonchev–Trinajstić information content (AvgIpc) is 2.83. The quantitative estimate of drug-likeness (QED) is 0.633. The molecule has 0 aromatic heterocycles. The van der Waals surface area contributed by atoms with Crippen LogP contribution in [-0.2, 0) is 14.3 Å². The molecule has 3 fully saturated rings. The van der Waals surface area contributed by atoms with Gasteiger partial charge in [0.05, 0.1) is 5.41 Å². The molecule has 0 radical (unpaired) electrons. The minimum Gasteiger partial charge on any atom is -0.454 e. The summed E-state index contributed by atoms with van der Waals surface area (Å²) in [6.45, 7) is 9.18. The van der Waals surface area contributed by atoms with Crippen LogP contribution in [0.25, 0.3) is 0 Å². The number of hydrogen-bond acceptors (Lipinski definition) is 3. The fourth-order valence-corrected chi connectivity index (χ4v) is 6.81. The van der Waals surface area contributed by atoms with Crippen LogP contribution < -0.4 is 0 Å². The van der Waals surface area contributed by atoms with Crippen LogP contribution in [0.2, 0.25) is 0 Å². The summed E-state index contributed by atoms with van der Waals surface area (Å²) >= 11 is 0. The fraction of sp³-hybridized carbons (Fsp3) is 0.800. The molecule has 0 saturated heterocycles. The number of fused-ring (bicyclic) bond motifs is 5. The zero-order valence-electron chi connectivity index (χ0n) is 14.8. The van der Waals surface area contributed by atoms with E-state index in [4.69, 9.17) is 4.74 Å². The van der Waals surface area contributed by atoms with Crippen molar-refractivity contribution in [1.29, 1.82) is 0 Å². The van der Waals surface area contributed by atoms with Crippen molar-refractivity contribution in [3.63, 3.8) is 0 Å². The summed E-state index contributed by atoms with van der Waals surface area (Å²) in [6.07, 6.45) is 7.58.